The lowest BCUT2D eigenvalue weighted by atomic mass is 9.41. The molecule has 2 spiro atoms. The minimum Gasteiger partial charge on any atom is -0.394 e. The third-order valence-corrected chi connectivity index (χ3v) is 17.4. The zero-order chi connectivity index (χ0) is 40.9. The van der Waals surface area contributed by atoms with Gasteiger partial charge in [-0.2, -0.15) is 0 Å². The molecule has 7 aliphatic rings. The molecule has 5 saturated carbocycles. The van der Waals surface area contributed by atoms with Crippen LogP contribution in [0.3, 0.4) is 0 Å². The highest BCUT2D eigenvalue weighted by atomic mass is 16.7. The molecule has 7 rings (SSSR count). The largest absolute Gasteiger partial charge is 0.394 e. The van der Waals surface area contributed by atoms with Gasteiger partial charge in [0.2, 0.25) is 0 Å². The first kappa shape index (κ1) is 43.3. The number of hydrogen-bond donors (Lipinski definition) is 10. The van der Waals surface area contributed by atoms with Crippen molar-refractivity contribution in [2.75, 3.05) is 19.8 Å². The van der Waals surface area contributed by atoms with Crippen LogP contribution < -0.4 is 0 Å². The van der Waals surface area contributed by atoms with Crippen molar-refractivity contribution in [2.24, 2.45) is 50.7 Å². The van der Waals surface area contributed by atoms with Crippen LogP contribution in [0, 0.1) is 50.7 Å². The lowest BCUT2D eigenvalue weighted by molar-refractivity contribution is -0.340. The molecule has 0 aromatic rings. The van der Waals surface area contributed by atoms with Gasteiger partial charge < -0.3 is 70.0 Å². The molecule has 7 fully saturated rings. The first-order valence-corrected chi connectivity index (χ1v) is 21.1. The molecule has 22 atom stereocenters. The van der Waals surface area contributed by atoms with Crippen molar-refractivity contribution in [2.45, 2.75) is 179 Å². The van der Waals surface area contributed by atoms with Crippen LogP contribution in [0.15, 0.2) is 11.6 Å². The summed E-state index contributed by atoms with van der Waals surface area (Å²) in [5, 5.41) is 107. The smallest absolute Gasteiger partial charge is 0.186 e. The molecular weight excluding hydrogens is 728 g/mol. The summed E-state index contributed by atoms with van der Waals surface area (Å²) in [6, 6.07) is 0. The molecule has 0 bridgehead atoms. The second-order valence-corrected chi connectivity index (χ2v) is 20.1. The Morgan fingerprint density at radius 3 is 1.91 bits per heavy atom. The van der Waals surface area contributed by atoms with E-state index < -0.39 is 98.4 Å². The number of aliphatic hydroxyl groups is 10. The van der Waals surface area contributed by atoms with Gasteiger partial charge in [0, 0.05) is 5.41 Å². The monoisotopic (exact) mass is 798 g/mol. The summed E-state index contributed by atoms with van der Waals surface area (Å²) in [6.07, 6.45) is -6.88. The van der Waals surface area contributed by atoms with Gasteiger partial charge in [0.25, 0.3) is 0 Å². The van der Waals surface area contributed by atoms with Crippen LogP contribution in [0.4, 0.5) is 0 Å². The van der Waals surface area contributed by atoms with Gasteiger partial charge in [-0.05, 0) is 117 Å². The van der Waals surface area contributed by atoms with E-state index in [4.69, 9.17) is 18.9 Å². The molecule has 0 aromatic heterocycles. The van der Waals surface area contributed by atoms with Crippen molar-refractivity contribution in [1.29, 1.82) is 0 Å². The standard InChI is InChI=1S/C42H70O14/c1-20(2)7-8-22(45)21(3)29-23(46)15-40(6)27-10-9-26-38(4,19-53-36-34(51)32(49)30(47)24(16-43)54-36)28(56-37-35(52)33(50)31(48)25(17-44)55-37)11-12-41(26)18-42(27,41)14-13-39(29,40)5/h7,21-37,43-52H,8-19H2,1-6H3/t21-,22+,23-,24-,25-,26-,27+,28+,29+,30-,31-,32+,33+,34-,35-,36-,37+,38+,39-,40-,41-,42+/m0/s1. The van der Waals surface area contributed by atoms with Crippen molar-refractivity contribution < 1.29 is 70.0 Å². The number of fused-ring (bicyclic) bond motifs is 2. The highest BCUT2D eigenvalue weighted by molar-refractivity contribution is 5.31. The second-order valence-electron chi connectivity index (χ2n) is 20.1. The maximum absolute atomic E-state index is 11.9. The Labute approximate surface area is 330 Å². The maximum atomic E-state index is 11.9. The summed E-state index contributed by atoms with van der Waals surface area (Å²) in [7, 11) is 0. The van der Waals surface area contributed by atoms with Gasteiger partial charge in [-0.3, -0.25) is 0 Å². The van der Waals surface area contributed by atoms with Crippen molar-refractivity contribution in [3.05, 3.63) is 11.6 Å². The van der Waals surface area contributed by atoms with E-state index in [1.54, 1.807) is 0 Å². The normalized spacial score (nSPS) is 54.9. The highest BCUT2D eigenvalue weighted by Crippen LogP contribution is 2.89. The second kappa shape index (κ2) is 15.3. The Kier molecular flexibility index (Phi) is 11.8. The predicted octanol–water partition coefficient (Wildman–Crippen LogP) is 0.731. The summed E-state index contributed by atoms with van der Waals surface area (Å²) in [5.41, 5.74) is -0.0759. The van der Waals surface area contributed by atoms with E-state index in [0.717, 1.165) is 44.1 Å². The number of ether oxygens (including phenoxy) is 4. The summed E-state index contributed by atoms with van der Waals surface area (Å²) in [4.78, 5) is 0. The van der Waals surface area contributed by atoms with Crippen LogP contribution in [-0.2, 0) is 18.9 Å². The van der Waals surface area contributed by atoms with Crippen molar-refractivity contribution in [3.63, 3.8) is 0 Å². The van der Waals surface area contributed by atoms with Crippen molar-refractivity contribution >= 4 is 0 Å². The molecule has 10 N–H and O–H groups in total. The van der Waals surface area contributed by atoms with Gasteiger partial charge in [0.05, 0.1) is 38.1 Å². The first-order valence-electron chi connectivity index (χ1n) is 21.1. The van der Waals surface area contributed by atoms with Crippen LogP contribution in [0.1, 0.15) is 99.3 Å². The fourth-order valence-corrected chi connectivity index (χ4v) is 14.2. The Morgan fingerprint density at radius 2 is 1.30 bits per heavy atom. The van der Waals surface area contributed by atoms with E-state index in [9.17, 15) is 51.1 Å². The molecule has 0 amide bonds. The summed E-state index contributed by atoms with van der Waals surface area (Å²) in [6.45, 7) is 11.8. The van der Waals surface area contributed by atoms with E-state index in [1.165, 1.54) is 0 Å². The average Bonchev–Trinajstić information content (AvgIpc) is 3.77. The Bertz CT molecular complexity index is 1440. The van der Waals surface area contributed by atoms with Crippen molar-refractivity contribution in [3.8, 4) is 0 Å². The SMILES string of the molecule is CC(C)=CC[C@@H](O)[C@H](C)[C@@H]1[C@@H](O)C[C@@]2(C)[C@H]3CC[C@H]4[C@@](C)(CO[C@H]5O[C@@H](CO)[C@H](O)[C@@H](O)[C@@H]5O)[C@H](O[C@H]5O[C@@H](CO)[C@H](O)[C@@H](O)[C@@H]5O)CC[C@]45C[C@]35CC[C@@]12C. The quantitative estimate of drug-likeness (QED) is 0.103. The van der Waals surface area contributed by atoms with E-state index >= 15 is 0 Å². The summed E-state index contributed by atoms with van der Waals surface area (Å²) < 4.78 is 24.5. The van der Waals surface area contributed by atoms with E-state index in [2.05, 4.69) is 33.8 Å². The third kappa shape index (κ3) is 6.34. The fourth-order valence-electron chi connectivity index (χ4n) is 14.2. The van der Waals surface area contributed by atoms with Crippen LogP contribution in [0.25, 0.3) is 0 Å². The molecule has 0 aromatic carbocycles. The van der Waals surface area contributed by atoms with Gasteiger partial charge in [0.15, 0.2) is 12.6 Å². The fraction of sp³-hybridized carbons (Fsp3) is 0.952. The maximum Gasteiger partial charge on any atom is 0.186 e. The van der Waals surface area contributed by atoms with E-state index in [1.807, 2.05) is 13.8 Å². The Morgan fingerprint density at radius 1 is 0.732 bits per heavy atom. The van der Waals surface area contributed by atoms with Gasteiger partial charge in [-0.15, -0.1) is 0 Å². The van der Waals surface area contributed by atoms with Crippen molar-refractivity contribution in [1.82, 2.24) is 0 Å². The Hall–Kier alpha value is -0.820. The number of allylic oxidation sites excluding steroid dienone is 1. The summed E-state index contributed by atoms with van der Waals surface area (Å²) >= 11 is 0. The average molecular weight is 799 g/mol. The number of rotatable bonds is 11. The van der Waals surface area contributed by atoms with Crippen LogP contribution in [0.5, 0.6) is 0 Å². The van der Waals surface area contributed by atoms with Gasteiger partial charge >= 0.3 is 0 Å². The molecule has 5 aliphatic carbocycles. The highest BCUT2D eigenvalue weighted by Gasteiger charge is 2.83. The zero-order valence-electron chi connectivity index (χ0n) is 34.0. The summed E-state index contributed by atoms with van der Waals surface area (Å²) in [5.74, 6) is 0.242. The molecule has 0 unspecified atom stereocenters. The van der Waals surface area contributed by atoms with E-state index in [-0.39, 0.29) is 46.0 Å². The molecular formula is C42H70O14. The third-order valence-electron chi connectivity index (χ3n) is 17.4. The lowest BCUT2D eigenvalue weighted by Crippen LogP contribution is -2.63. The zero-order valence-corrected chi connectivity index (χ0v) is 34.0. The van der Waals surface area contributed by atoms with Gasteiger partial charge in [-0.1, -0.05) is 39.3 Å². The minimum atomic E-state index is -1.61. The lowest BCUT2D eigenvalue weighted by Gasteiger charge is -2.64. The predicted molar refractivity (Wildman–Crippen MR) is 200 cm³/mol. The topological polar surface area (TPSA) is 239 Å². The van der Waals surface area contributed by atoms with Gasteiger partial charge in [-0.25, -0.2) is 0 Å². The molecule has 322 valence electrons. The van der Waals surface area contributed by atoms with Crippen LogP contribution in [-0.4, -0.2) is 151 Å². The molecule has 2 aliphatic heterocycles. The number of hydrogen-bond acceptors (Lipinski definition) is 14. The van der Waals surface area contributed by atoms with Crippen LogP contribution >= 0.6 is 0 Å². The minimum absolute atomic E-state index is 0.00120. The first-order chi connectivity index (χ1) is 26.3. The molecule has 56 heavy (non-hydrogen) atoms. The van der Waals surface area contributed by atoms with E-state index in [0.29, 0.717) is 25.2 Å². The molecule has 0 radical (unpaired) electrons. The van der Waals surface area contributed by atoms with Crippen LogP contribution in [0.2, 0.25) is 0 Å². The molecule has 2 heterocycles. The molecule has 2 saturated heterocycles. The number of aliphatic hydroxyl groups excluding tert-OH is 10. The molecule has 14 heteroatoms. The molecule has 14 nitrogen and oxygen atoms in total. The van der Waals surface area contributed by atoms with Gasteiger partial charge in [0.1, 0.15) is 48.8 Å². The Balaban J connectivity index is 1.18.